The molecule has 1 aromatic heterocycles. The average Bonchev–Trinajstić information content (AvgIpc) is 3.29. The molecule has 1 heterocycles. The van der Waals surface area contributed by atoms with Crippen LogP contribution in [0.15, 0.2) is 41.0 Å². The number of amides is 3. The van der Waals surface area contributed by atoms with Crippen LogP contribution in [0.5, 0.6) is 11.5 Å². The summed E-state index contributed by atoms with van der Waals surface area (Å²) in [7, 11) is 2.95. The lowest BCUT2D eigenvalue weighted by atomic mass is 10.2. The van der Waals surface area contributed by atoms with Gasteiger partial charge in [-0.05, 0) is 48.8 Å². The lowest BCUT2D eigenvalue weighted by molar-refractivity contribution is -0.123. The summed E-state index contributed by atoms with van der Waals surface area (Å²) in [6.45, 7) is 0. The van der Waals surface area contributed by atoms with Gasteiger partial charge in [0.2, 0.25) is 0 Å². The second-order valence-corrected chi connectivity index (χ2v) is 6.78. The molecule has 0 aliphatic rings. The fourth-order valence-electron chi connectivity index (χ4n) is 2.40. The first kappa shape index (κ1) is 22.2. The minimum Gasteiger partial charge on any atom is -0.493 e. The van der Waals surface area contributed by atoms with Crippen molar-refractivity contribution in [2.75, 3.05) is 26.2 Å². The highest BCUT2D eigenvalue weighted by Crippen LogP contribution is 2.27. The number of methoxy groups -OCH3 is 2. The predicted molar refractivity (Wildman–Crippen MR) is 108 cm³/mol. The standard InChI is InChI=1S/C19H23N3O6S/c1-26-14-7-6-12(11-16(14)27-2)17(23)21-22-18(24)13(8-10-29-3)20-19(25)15-5-4-9-28-15/h4-7,9,11,13H,8,10H2,1-3H3,(H,20,25)(H,21,23)(H,22,24). The first-order valence-electron chi connectivity index (χ1n) is 8.65. The molecule has 0 saturated heterocycles. The van der Waals surface area contributed by atoms with E-state index in [4.69, 9.17) is 13.9 Å². The molecular weight excluding hydrogens is 398 g/mol. The van der Waals surface area contributed by atoms with Crippen LogP contribution in [0.2, 0.25) is 0 Å². The van der Waals surface area contributed by atoms with Crippen molar-refractivity contribution in [2.45, 2.75) is 12.5 Å². The van der Waals surface area contributed by atoms with E-state index >= 15 is 0 Å². The van der Waals surface area contributed by atoms with E-state index in [1.807, 2.05) is 6.26 Å². The van der Waals surface area contributed by atoms with Gasteiger partial charge < -0.3 is 19.2 Å². The van der Waals surface area contributed by atoms with Gasteiger partial charge in [0.1, 0.15) is 6.04 Å². The zero-order valence-electron chi connectivity index (χ0n) is 16.3. The molecule has 2 aromatic rings. The molecule has 3 amide bonds. The van der Waals surface area contributed by atoms with E-state index in [9.17, 15) is 14.4 Å². The van der Waals surface area contributed by atoms with E-state index in [0.717, 1.165) is 0 Å². The van der Waals surface area contributed by atoms with Crippen molar-refractivity contribution in [1.29, 1.82) is 0 Å². The van der Waals surface area contributed by atoms with Crippen LogP contribution in [0.1, 0.15) is 27.3 Å². The summed E-state index contributed by atoms with van der Waals surface area (Å²) in [5.74, 6) is -0.00195. The fourth-order valence-corrected chi connectivity index (χ4v) is 2.87. The molecule has 0 aliphatic heterocycles. The van der Waals surface area contributed by atoms with Crippen LogP contribution in [0.3, 0.4) is 0 Å². The molecule has 9 nitrogen and oxygen atoms in total. The first-order chi connectivity index (χ1) is 14.0. The molecule has 1 atom stereocenters. The first-order valence-corrected chi connectivity index (χ1v) is 10.0. The van der Waals surface area contributed by atoms with E-state index in [1.54, 1.807) is 12.1 Å². The summed E-state index contributed by atoms with van der Waals surface area (Å²) < 4.78 is 15.3. The lowest BCUT2D eigenvalue weighted by Crippen LogP contribution is -2.52. The van der Waals surface area contributed by atoms with Gasteiger partial charge in [-0.3, -0.25) is 25.2 Å². The third-order valence-electron chi connectivity index (χ3n) is 3.92. The van der Waals surface area contributed by atoms with Crippen molar-refractivity contribution in [2.24, 2.45) is 0 Å². The Bertz CT molecular complexity index is 840. The van der Waals surface area contributed by atoms with Gasteiger partial charge in [0.15, 0.2) is 17.3 Å². The summed E-state index contributed by atoms with van der Waals surface area (Å²) in [5, 5.41) is 2.60. The Labute approximate surface area is 172 Å². The summed E-state index contributed by atoms with van der Waals surface area (Å²) in [4.78, 5) is 37.0. The SMILES string of the molecule is COc1ccc(C(=O)NNC(=O)C(CCSC)NC(=O)c2ccco2)cc1OC. The fraction of sp³-hybridized carbons (Fsp3) is 0.316. The van der Waals surface area contributed by atoms with Gasteiger partial charge in [-0.25, -0.2) is 0 Å². The molecule has 0 radical (unpaired) electrons. The quantitative estimate of drug-likeness (QED) is 0.526. The Balaban J connectivity index is 1.99. The smallest absolute Gasteiger partial charge is 0.287 e. The number of carbonyl (C=O) groups is 3. The predicted octanol–water partition coefficient (Wildman–Crippen LogP) is 1.61. The summed E-state index contributed by atoms with van der Waals surface area (Å²) in [6, 6.07) is 6.84. The Morgan fingerprint density at radius 1 is 1.07 bits per heavy atom. The van der Waals surface area contributed by atoms with E-state index in [1.165, 1.54) is 50.4 Å². The normalized spacial score (nSPS) is 11.3. The number of carbonyl (C=O) groups excluding carboxylic acids is 3. The molecule has 2 rings (SSSR count). The highest BCUT2D eigenvalue weighted by Gasteiger charge is 2.23. The van der Waals surface area contributed by atoms with E-state index in [-0.39, 0.29) is 11.3 Å². The number of ether oxygens (including phenoxy) is 2. The maximum absolute atomic E-state index is 12.5. The Kier molecular flexibility index (Phi) is 8.41. The van der Waals surface area contributed by atoms with Gasteiger partial charge in [-0.1, -0.05) is 0 Å². The van der Waals surface area contributed by atoms with Gasteiger partial charge in [0, 0.05) is 5.56 Å². The van der Waals surface area contributed by atoms with Crippen LogP contribution in [0.4, 0.5) is 0 Å². The van der Waals surface area contributed by atoms with Gasteiger partial charge in [0.25, 0.3) is 17.7 Å². The third-order valence-corrected chi connectivity index (χ3v) is 4.57. The lowest BCUT2D eigenvalue weighted by Gasteiger charge is -2.18. The molecule has 29 heavy (non-hydrogen) atoms. The van der Waals surface area contributed by atoms with E-state index in [0.29, 0.717) is 23.7 Å². The van der Waals surface area contributed by atoms with Crippen LogP contribution in [0.25, 0.3) is 0 Å². The topological polar surface area (TPSA) is 119 Å². The molecule has 0 fully saturated rings. The monoisotopic (exact) mass is 421 g/mol. The number of furan rings is 1. The van der Waals surface area contributed by atoms with Gasteiger partial charge in [-0.15, -0.1) is 0 Å². The summed E-state index contributed by atoms with van der Waals surface area (Å²) in [5.41, 5.74) is 4.94. The third kappa shape index (κ3) is 6.18. The molecule has 3 N–H and O–H groups in total. The van der Waals surface area contributed by atoms with Crippen LogP contribution in [0, 0.1) is 0 Å². The van der Waals surface area contributed by atoms with Crippen LogP contribution in [-0.4, -0.2) is 50.0 Å². The maximum Gasteiger partial charge on any atom is 0.287 e. The van der Waals surface area contributed by atoms with Gasteiger partial charge in [0.05, 0.1) is 20.5 Å². The molecule has 10 heteroatoms. The Morgan fingerprint density at radius 2 is 1.83 bits per heavy atom. The zero-order chi connectivity index (χ0) is 21.2. The van der Waals surface area contributed by atoms with Crippen LogP contribution >= 0.6 is 11.8 Å². The van der Waals surface area contributed by atoms with Crippen molar-refractivity contribution >= 4 is 29.5 Å². The van der Waals surface area contributed by atoms with Gasteiger partial charge >= 0.3 is 0 Å². The molecule has 0 aliphatic carbocycles. The minimum atomic E-state index is -0.842. The average molecular weight is 421 g/mol. The van der Waals surface area contributed by atoms with Crippen molar-refractivity contribution in [3.8, 4) is 11.5 Å². The Hall–Kier alpha value is -3.14. The van der Waals surface area contributed by atoms with Crippen molar-refractivity contribution in [3.63, 3.8) is 0 Å². The number of hydrogen-bond acceptors (Lipinski definition) is 7. The Morgan fingerprint density at radius 3 is 2.45 bits per heavy atom. The zero-order valence-corrected chi connectivity index (χ0v) is 17.1. The minimum absolute atomic E-state index is 0.0984. The van der Waals surface area contributed by atoms with Crippen molar-refractivity contribution in [3.05, 3.63) is 47.9 Å². The molecule has 1 unspecified atom stereocenters. The van der Waals surface area contributed by atoms with Crippen LogP contribution < -0.4 is 25.6 Å². The van der Waals surface area contributed by atoms with Crippen LogP contribution in [-0.2, 0) is 4.79 Å². The largest absolute Gasteiger partial charge is 0.493 e. The molecule has 0 spiro atoms. The maximum atomic E-state index is 12.5. The molecule has 0 bridgehead atoms. The second kappa shape index (κ2) is 11.0. The number of nitrogens with one attached hydrogen (secondary N) is 3. The molecule has 1 aromatic carbocycles. The number of hydrazine groups is 1. The summed E-state index contributed by atoms with van der Waals surface area (Å²) >= 11 is 1.53. The highest BCUT2D eigenvalue weighted by molar-refractivity contribution is 7.98. The molecule has 156 valence electrons. The highest BCUT2D eigenvalue weighted by atomic mass is 32.2. The van der Waals surface area contributed by atoms with E-state index in [2.05, 4.69) is 16.2 Å². The molecular formula is C19H23N3O6S. The number of benzene rings is 1. The van der Waals surface area contributed by atoms with Crippen molar-refractivity contribution < 1.29 is 28.3 Å². The summed E-state index contributed by atoms with van der Waals surface area (Å²) in [6.07, 6.45) is 3.64. The van der Waals surface area contributed by atoms with Gasteiger partial charge in [-0.2, -0.15) is 11.8 Å². The van der Waals surface area contributed by atoms with Crippen molar-refractivity contribution in [1.82, 2.24) is 16.2 Å². The van der Waals surface area contributed by atoms with E-state index < -0.39 is 23.8 Å². The molecule has 0 saturated carbocycles. The second-order valence-electron chi connectivity index (χ2n) is 5.80. The number of hydrogen-bond donors (Lipinski definition) is 3. The number of rotatable bonds is 9. The number of thioether (sulfide) groups is 1.